The van der Waals surface area contributed by atoms with Crippen LogP contribution in [0.2, 0.25) is 0 Å². The molecule has 8 heteroatoms. The second-order valence-corrected chi connectivity index (χ2v) is 6.15. The van der Waals surface area contributed by atoms with E-state index < -0.39 is 4.92 Å². The third kappa shape index (κ3) is 9.07. The number of nitro benzene ring substituents is 1. The normalized spacial score (nSPS) is 11.1. The number of benzene rings is 2. The van der Waals surface area contributed by atoms with Crippen molar-refractivity contribution >= 4 is 11.6 Å². The Labute approximate surface area is 171 Å². The van der Waals surface area contributed by atoms with Gasteiger partial charge in [-0.25, -0.2) is 4.99 Å². The number of nitro groups is 1. The molecular weight excluding hydrogens is 372 g/mol. The van der Waals surface area contributed by atoms with E-state index in [-0.39, 0.29) is 5.69 Å². The lowest BCUT2D eigenvalue weighted by atomic mass is 10.2. The van der Waals surface area contributed by atoms with Crippen molar-refractivity contribution in [3.05, 3.63) is 70.3 Å². The van der Waals surface area contributed by atoms with Crippen molar-refractivity contribution < 1.29 is 14.4 Å². The summed E-state index contributed by atoms with van der Waals surface area (Å²) in [6.45, 7) is 5.60. The fraction of sp³-hybridized carbons (Fsp3) is 0.381. The lowest BCUT2D eigenvalue weighted by Gasteiger charge is -2.13. The maximum atomic E-state index is 10.8. The van der Waals surface area contributed by atoms with Gasteiger partial charge in [0, 0.05) is 31.9 Å². The molecule has 0 saturated heterocycles. The average molecular weight is 400 g/mol. The molecule has 0 aliphatic carbocycles. The summed E-state index contributed by atoms with van der Waals surface area (Å²) >= 11 is 0. The lowest BCUT2D eigenvalue weighted by Crippen LogP contribution is -2.40. The van der Waals surface area contributed by atoms with Crippen LogP contribution in [0.4, 0.5) is 5.69 Å². The SMILES string of the molecule is CCOCCCNC(=NCc1ccc([N+](=O)[O-])cc1)NCCOc1ccccc1. The number of nitrogens with one attached hydrogen (secondary N) is 2. The Hall–Kier alpha value is -3.13. The van der Waals surface area contributed by atoms with Crippen LogP contribution in [0.25, 0.3) is 0 Å². The summed E-state index contributed by atoms with van der Waals surface area (Å²) in [5, 5.41) is 17.3. The van der Waals surface area contributed by atoms with Gasteiger partial charge in [-0.05, 0) is 31.0 Å². The van der Waals surface area contributed by atoms with Gasteiger partial charge in [-0.15, -0.1) is 0 Å². The molecule has 29 heavy (non-hydrogen) atoms. The van der Waals surface area contributed by atoms with E-state index in [1.165, 1.54) is 12.1 Å². The molecule has 0 amide bonds. The van der Waals surface area contributed by atoms with Crippen LogP contribution in [-0.2, 0) is 11.3 Å². The largest absolute Gasteiger partial charge is 0.492 e. The standard InChI is InChI=1S/C21H28N4O4/c1-2-28-15-6-13-22-21(23-14-16-29-20-7-4-3-5-8-20)24-17-18-9-11-19(12-10-18)25(26)27/h3-5,7-12H,2,6,13-17H2,1H3,(H2,22,23,24). The Morgan fingerprint density at radius 1 is 1.03 bits per heavy atom. The van der Waals surface area contributed by atoms with E-state index >= 15 is 0 Å². The highest BCUT2D eigenvalue weighted by Gasteiger charge is 2.04. The minimum atomic E-state index is -0.410. The number of hydrogen-bond donors (Lipinski definition) is 2. The lowest BCUT2D eigenvalue weighted by molar-refractivity contribution is -0.384. The number of non-ortho nitro benzene ring substituents is 1. The monoisotopic (exact) mass is 400 g/mol. The number of ether oxygens (including phenoxy) is 2. The van der Waals surface area contributed by atoms with Crippen LogP contribution >= 0.6 is 0 Å². The fourth-order valence-corrected chi connectivity index (χ4v) is 2.45. The first-order valence-corrected chi connectivity index (χ1v) is 9.70. The van der Waals surface area contributed by atoms with Crippen LogP contribution in [0, 0.1) is 10.1 Å². The summed E-state index contributed by atoms with van der Waals surface area (Å²) in [5.41, 5.74) is 0.967. The van der Waals surface area contributed by atoms with Gasteiger partial charge in [0.05, 0.1) is 18.0 Å². The van der Waals surface area contributed by atoms with Gasteiger partial charge < -0.3 is 20.1 Å². The molecule has 0 aliphatic rings. The van der Waals surface area contributed by atoms with Gasteiger partial charge in [-0.1, -0.05) is 30.3 Å². The maximum Gasteiger partial charge on any atom is 0.269 e. The van der Waals surface area contributed by atoms with Crippen molar-refractivity contribution in [2.45, 2.75) is 19.9 Å². The van der Waals surface area contributed by atoms with Gasteiger partial charge in [0.15, 0.2) is 5.96 Å². The third-order valence-corrected chi connectivity index (χ3v) is 3.94. The van der Waals surface area contributed by atoms with E-state index in [9.17, 15) is 10.1 Å². The highest BCUT2D eigenvalue weighted by atomic mass is 16.6. The predicted molar refractivity (Wildman–Crippen MR) is 113 cm³/mol. The first-order valence-electron chi connectivity index (χ1n) is 9.70. The summed E-state index contributed by atoms with van der Waals surface area (Å²) in [7, 11) is 0. The van der Waals surface area contributed by atoms with E-state index in [0.717, 1.165) is 24.3 Å². The number of rotatable bonds is 12. The Morgan fingerprint density at radius 2 is 1.76 bits per heavy atom. The molecule has 0 heterocycles. The van der Waals surface area contributed by atoms with Crippen molar-refractivity contribution in [2.75, 3.05) is 32.9 Å². The number of nitrogens with zero attached hydrogens (tertiary/aromatic N) is 2. The Bertz CT molecular complexity index is 751. The minimum absolute atomic E-state index is 0.0724. The molecule has 0 radical (unpaired) electrons. The molecule has 0 fully saturated rings. The van der Waals surface area contributed by atoms with Gasteiger partial charge in [0.2, 0.25) is 0 Å². The fourth-order valence-electron chi connectivity index (χ4n) is 2.45. The topological polar surface area (TPSA) is 98.0 Å². The van der Waals surface area contributed by atoms with Crippen molar-refractivity contribution in [1.29, 1.82) is 0 Å². The summed E-state index contributed by atoms with van der Waals surface area (Å²) in [4.78, 5) is 14.9. The highest BCUT2D eigenvalue weighted by molar-refractivity contribution is 5.79. The van der Waals surface area contributed by atoms with E-state index in [2.05, 4.69) is 15.6 Å². The first kappa shape index (κ1) is 22.2. The van der Waals surface area contributed by atoms with Gasteiger partial charge in [0.1, 0.15) is 12.4 Å². The number of aliphatic imine (C=N–C) groups is 1. The zero-order chi connectivity index (χ0) is 20.7. The first-order chi connectivity index (χ1) is 14.2. The molecule has 2 N–H and O–H groups in total. The summed E-state index contributed by atoms with van der Waals surface area (Å²) in [6.07, 6.45) is 0.868. The molecular formula is C21H28N4O4. The quantitative estimate of drug-likeness (QED) is 0.187. The predicted octanol–water partition coefficient (Wildman–Crippen LogP) is 3.14. The van der Waals surface area contributed by atoms with Crippen LogP contribution in [0.1, 0.15) is 18.9 Å². The van der Waals surface area contributed by atoms with E-state index in [1.807, 2.05) is 37.3 Å². The van der Waals surface area contributed by atoms with Crippen molar-refractivity contribution in [1.82, 2.24) is 10.6 Å². The Balaban J connectivity index is 1.84. The second-order valence-electron chi connectivity index (χ2n) is 6.15. The van der Waals surface area contributed by atoms with Crippen molar-refractivity contribution in [3.8, 4) is 5.75 Å². The zero-order valence-corrected chi connectivity index (χ0v) is 16.7. The second kappa shape index (κ2) is 13.1. The molecule has 0 aliphatic heterocycles. The number of para-hydroxylation sites is 1. The molecule has 2 rings (SSSR count). The zero-order valence-electron chi connectivity index (χ0n) is 16.7. The number of guanidine groups is 1. The molecule has 0 aromatic heterocycles. The van der Waals surface area contributed by atoms with Crippen LogP contribution in [-0.4, -0.2) is 43.8 Å². The van der Waals surface area contributed by atoms with Crippen LogP contribution in [0.15, 0.2) is 59.6 Å². The van der Waals surface area contributed by atoms with Crippen LogP contribution in [0.3, 0.4) is 0 Å². The summed E-state index contributed by atoms with van der Waals surface area (Å²) in [5.74, 6) is 1.49. The van der Waals surface area contributed by atoms with Gasteiger partial charge in [-0.2, -0.15) is 0 Å². The van der Waals surface area contributed by atoms with E-state index in [4.69, 9.17) is 9.47 Å². The molecule has 0 bridgehead atoms. The minimum Gasteiger partial charge on any atom is -0.492 e. The molecule has 156 valence electrons. The molecule has 8 nitrogen and oxygen atoms in total. The molecule has 0 atom stereocenters. The average Bonchev–Trinajstić information content (AvgIpc) is 2.75. The van der Waals surface area contributed by atoms with Gasteiger partial charge in [0.25, 0.3) is 5.69 Å². The van der Waals surface area contributed by atoms with Crippen LogP contribution in [0.5, 0.6) is 5.75 Å². The molecule has 2 aromatic carbocycles. The van der Waals surface area contributed by atoms with E-state index in [1.54, 1.807) is 12.1 Å². The number of hydrogen-bond acceptors (Lipinski definition) is 5. The summed E-state index contributed by atoms with van der Waals surface area (Å²) < 4.78 is 11.0. The van der Waals surface area contributed by atoms with Gasteiger partial charge >= 0.3 is 0 Å². The van der Waals surface area contributed by atoms with Crippen molar-refractivity contribution in [3.63, 3.8) is 0 Å². The highest BCUT2D eigenvalue weighted by Crippen LogP contribution is 2.12. The Kier molecular flexibility index (Phi) is 10.0. The maximum absolute atomic E-state index is 10.8. The smallest absolute Gasteiger partial charge is 0.269 e. The molecule has 0 unspecified atom stereocenters. The third-order valence-electron chi connectivity index (χ3n) is 3.94. The van der Waals surface area contributed by atoms with E-state index in [0.29, 0.717) is 38.9 Å². The Morgan fingerprint density at radius 3 is 2.45 bits per heavy atom. The summed E-state index contributed by atoms with van der Waals surface area (Å²) in [6, 6.07) is 16.0. The van der Waals surface area contributed by atoms with Crippen molar-refractivity contribution in [2.24, 2.45) is 4.99 Å². The molecule has 0 spiro atoms. The van der Waals surface area contributed by atoms with Gasteiger partial charge in [-0.3, -0.25) is 10.1 Å². The van der Waals surface area contributed by atoms with Crippen LogP contribution < -0.4 is 15.4 Å². The molecule has 0 saturated carbocycles. The molecule has 2 aromatic rings.